The highest BCUT2D eigenvalue weighted by molar-refractivity contribution is 7.23. The van der Waals surface area contributed by atoms with Gasteiger partial charge >= 0.3 is 0 Å². The van der Waals surface area contributed by atoms with Crippen LogP contribution in [-0.4, -0.2) is 64.2 Å². The van der Waals surface area contributed by atoms with Crippen molar-refractivity contribution in [2.24, 2.45) is 0 Å². The molecule has 0 radical (unpaired) electrons. The Morgan fingerprint density at radius 3 is 2.30 bits per heavy atom. The number of amides is 1. The minimum atomic E-state index is -0.0914. The van der Waals surface area contributed by atoms with Crippen LogP contribution in [0.3, 0.4) is 0 Å². The molecule has 0 saturated carbocycles. The number of methoxy groups -OCH3 is 1. The third-order valence-corrected chi connectivity index (χ3v) is 6.08. The zero-order valence-electron chi connectivity index (χ0n) is 17.7. The summed E-state index contributed by atoms with van der Waals surface area (Å²) in [7, 11) is 9.50. The van der Waals surface area contributed by atoms with Crippen LogP contribution in [0.25, 0.3) is 10.2 Å². The smallest absolute Gasteiger partial charge is 0.260 e. The van der Waals surface area contributed by atoms with Gasteiger partial charge in [0.15, 0.2) is 5.13 Å². The van der Waals surface area contributed by atoms with E-state index in [-0.39, 0.29) is 18.3 Å². The predicted molar refractivity (Wildman–Crippen MR) is 129 cm³/mol. The lowest BCUT2D eigenvalue weighted by molar-refractivity contribution is 0.0985. The molecule has 0 bridgehead atoms. The third-order valence-electron chi connectivity index (χ3n) is 4.54. The largest absolute Gasteiger partial charge is 0.494 e. The van der Waals surface area contributed by atoms with Gasteiger partial charge in [-0.2, -0.15) is 0 Å². The topological polar surface area (TPSA) is 48.9 Å². The lowest BCUT2D eigenvalue weighted by atomic mass is 10.1. The first-order chi connectivity index (χ1) is 13.8. The van der Waals surface area contributed by atoms with Gasteiger partial charge in [0.25, 0.3) is 5.91 Å². The normalized spacial score (nSPS) is 10.8. The van der Waals surface area contributed by atoms with Crippen LogP contribution < -0.4 is 14.5 Å². The zero-order valence-corrected chi connectivity index (χ0v) is 20.1. The van der Waals surface area contributed by atoms with Gasteiger partial charge in [-0.25, -0.2) is 4.98 Å². The van der Waals surface area contributed by atoms with Crippen molar-refractivity contribution in [2.75, 3.05) is 58.2 Å². The number of fused-ring (bicyclic) bond motifs is 1. The Kier molecular flexibility index (Phi) is 8.32. The van der Waals surface area contributed by atoms with E-state index in [4.69, 9.17) is 21.3 Å². The molecule has 0 saturated heterocycles. The maximum atomic E-state index is 13.4. The number of ether oxygens (including phenoxy) is 1. The fourth-order valence-corrected chi connectivity index (χ4v) is 4.14. The molecular formula is C21H26Cl2N4O2S. The standard InChI is InChI=1S/C21H25ClN4O2S.ClH/c1-24(2)12-13-26(20(27)14-6-8-15(9-7-14)25(3)4)21-23-18-17(28-5)11-10-16(22)19(18)29-21;/h6-11H,12-13H2,1-5H3;1H. The monoisotopic (exact) mass is 468 g/mol. The van der Waals surface area contributed by atoms with Gasteiger partial charge in [-0.15, -0.1) is 12.4 Å². The second kappa shape index (κ2) is 10.3. The first kappa shape index (κ1) is 24.2. The van der Waals surface area contributed by atoms with E-state index in [9.17, 15) is 4.79 Å². The summed E-state index contributed by atoms with van der Waals surface area (Å²) >= 11 is 7.77. The molecule has 0 aliphatic rings. The van der Waals surface area contributed by atoms with Gasteiger partial charge in [-0.05, 0) is 50.5 Å². The van der Waals surface area contributed by atoms with Crippen molar-refractivity contribution in [3.05, 3.63) is 47.0 Å². The molecule has 0 aliphatic carbocycles. The van der Waals surface area contributed by atoms with Gasteiger partial charge in [-0.3, -0.25) is 9.69 Å². The first-order valence-corrected chi connectivity index (χ1v) is 10.4. The van der Waals surface area contributed by atoms with Gasteiger partial charge in [0.1, 0.15) is 11.3 Å². The summed E-state index contributed by atoms with van der Waals surface area (Å²) in [5, 5.41) is 1.20. The lowest BCUT2D eigenvalue weighted by Gasteiger charge is -2.22. The van der Waals surface area contributed by atoms with Crippen LogP contribution in [0.1, 0.15) is 10.4 Å². The number of nitrogens with zero attached hydrogens (tertiary/aromatic N) is 4. The Hall–Kier alpha value is -2.06. The summed E-state index contributed by atoms with van der Waals surface area (Å²) in [5.41, 5.74) is 2.33. The molecule has 0 unspecified atom stereocenters. The molecule has 30 heavy (non-hydrogen) atoms. The maximum Gasteiger partial charge on any atom is 0.260 e. The minimum absolute atomic E-state index is 0. The summed E-state index contributed by atoms with van der Waals surface area (Å²) in [4.78, 5) is 23.8. The van der Waals surface area contributed by atoms with Gasteiger partial charge in [0, 0.05) is 38.4 Å². The SMILES string of the molecule is COc1ccc(Cl)c2sc(N(CCN(C)C)C(=O)c3ccc(N(C)C)cc3)nc12.Cl. The number of aromatic nitrogens is 1. The fraction of sp³-hybridized carbons (Fsp3) is 0.333. The molecule has 0 atom stereocenters. The van der Waals surface area contributed by atoms with E-state index in [1.54, 1.807) is 24.1 Å². The number of hydrogen-bond acceptors (Lipinski definition) is 6. The summed E-state index contributed by atoms with van der Waals surface area (Å²) in [6, 6.07) is 11.2. The number of benzene rings is 2. The lowest BCUT2D eigenvalue weighted by Crippen LogP contribution is -2.36. The summed E-state index contributed by atoms with van der Waals surface area (Å²) in [6.45, 7) is 1.23. The predicted octanol–water partition coefficient (Wildman–Crippen LogP) is 4.65. The van der Waals surface area contributed by atoms with E-state index in [0.29, 0.717) is 40.1 Å². The molecule has 6 nitrogen and oxygen atoms in total. The molecule has 2 aromatic carbocycles. The Morgan fingerprint density at radius 2 is 1.73 bits per heavy atom. The van der Waals surface area contributed by atoms with E-state index < -0.39 is 0 Å². The molecule has 9 heteroatoms. The van der Waals surface area contributed by atoms with Crippen LogP contribution in [0.4, 0.5) is 10.8 Å². The summed E-state index contributed by atoms with van der Waals surface area (Å²) in [5.74, 6) is 0.550. The molecule has 1 aromatic heterocycles. The zero-order chi connectivity index (χ0) is 21.1. The van der Waals surface area contributed by atoms with E-state index in [1.165, 1.54) is 11.3 Å². The van der Waals surface area contributed by atoms with E-state index >= 15 is 0 Å². The van der Waals surface area contributed by atoms with Crippen molar-refractivity contribution in [3.8, 4) is 5.75 Å². The summed E-state index contributed by atoms with van der Waals surface area (Å²) in [6.07, 6.45) is 0. The fourth-order valence-electron chi connectivity index (χ4n) is 2.86. The number of anilines is 2. The Balaban J connectivity index is 0.00000320. The molecule has 1 heterocycles. The summed E-state index contributed by atoms with van der Waals surface area (Å²) < 4.78 is 6.24. The van der Waals surface area contributed by atoms with Crippen molar-refractivity contribution in [3.63, 3.8) is 0 Å². The number of carbonyl (C=O) groups excluding carboxylic acids is 1. The molecule has 3 rings (SSSR count). The van der Waals surface area contributed by atoms with Gasteiger partial charge < -0.3 is 14.5 Å². The molecular weight excluding hydrogens is 443 g/mol. The highest BCUT2D eigenvalue weighted by atomic mass is 35.5. The third kappa shape index (κ3) is 5.16. The Bertz CT molecular complexity index is 1010. The maximum absolute atomic E-state index is 13.4. The minimum Gasteiger partial charge on any atom is -0.494 e. The Morgan fingerprint density at radius 1 is 1.07 bits per heavy atom. The van der Waals surface area contributed by atoms with Crippen molar-refractivity contribution in [1.29, 1.82) is 0 Å². The number of halogens is 2. The average Bonchev–Trinajstić information content (AvgIpc) is 3.14. The van der Waals surface area contributed by atoms with Gasteiger partial charge in [0.05, 0.1) is 16.8 Å². The molecule has 0 spiro atoms. The van der Waals surface area contributed by atoms with Crippen LogP contribution in [0, 0.1) is 0 Å². The number of carbonyl (C=O) groups is 1. The van der Waals surface area contributed by atoms with Gasteiger partial charge in [-0.1, -0.05) is 22.9 Å². The first-order valence-electron chi connectivity index (χ1n) is 9.19. The van der Waals surface area contributed by atoms with E-state index in [1.807, 2.05) is 62.3 Å². The highest BCUT2D eigenvalue weighted by Gasteiger charge is 2.23. The van der Waals surface area contributed by atoms with E-state index in [0.717, 1.165) is 10.4 Å². The quantitative estimate of drug-likeness (QED) is 0.504. The molecule has 0 N–H and O–H groups in total. The van der Waals surface area contributed by atoms with Crippen LogP contribution in [-0.2, 0) is 0 Å². The molecule has 0 fully saturated rings. The molecule has 3 aromatic rings. The van der Waals surface area contributed by atoms with Gasteiger partial charge in [0.2, 0.25) is 0 Å². The van der Waals surface area contributed by atoms with E-state index in [2.05, 4.69) is 0 Å². The highest BCUT2D eigenvalue weighted by Crippen LogP contribution is 2.39. The molecule has 162 valence electrons. The molecule has 0 aliphatic heterocycles. The number of rotatable bonds is 7. The Labute approximate surface area is 192 Å². The van der Waals surface area contributed by atoms with Crippen LogP contribution in [0.5, 0.6) is 5.75 Å². The average molecular weight is 469 g/mol. The van der Waals surface area contributed by atoms with Crippen molar-refractivity contribution < 1.29 is 9.53 Å². The number of thiazole rings is 1. The number of likely N-dealkylation sites (N-methyl/N-ethyl adjacent to an activating group) is 1. The van der Waals surface area contributed by atoms with Crippen molar-refractivity contribution >= 4 is 62.3 Å². The van der Waals surface area contributed by atoms with Crippen LogP contribution in [0.15, 0.2) is 36.4 Å². The second-order valence-corrected chi connectivity index (χ2v) is 8.51. The van der Waals surface area contributed by atoms with Crippen molar-refractivity contribution in [1.82, 2.24) is 9.88 Å². The second-order valence-electron chi connectivity index (χ2n) is 7.13. The molecule has 1 amide bonds. The number of hydrogen-bond donors (Lipinski definition) is 0. The van der Waals surface area contributed by atoms with Crippen molar-refractivity contribution in [2.45, 2.75) is 0 Å². The van der Waals surface area contributed by atoms with Crippen LogP contribution >= 0.6 is 35.3 Å². The van der Waals surface area contributed by atoms with Crippen LogP contribution in [0.2, 0.25) is 5.02 Å².